The van der Waals surface area contributed by atoms with Gasteiger partial charge in [-0.05, 0) is 44.4 Å². The third-order valence-electron chi connectivity index (χ3n) is 4.07. The Bertz CT molecular complexity index is 427. The van der Waals surface area contributed by atoms with Crippen molar-refractivity contribution in [2.24, 2.45) is 0 Å². The molecule has 1 saturated carbocycles. The zero-order valence-corrected chi connectivity index (χ0v) is 11.7. The van der Waals surface area contributed by atoms with Crippen molar-refractivity contribution in [2.45, 2.75) is 51.2 Å². The molecule has 0 radical (unpaired) electrons. The minimum Gasteiger partial charge on any atom is -0.491 e. The molecule has 2 aliphatic rings. The molecule has 3 rings (SSSR count). The zero-order valence-electron chi connectivity index (χ0n) is 11.7. The number of rotatable bonds is 4. The molecule has 1 fully saturated rings. The monoisotopic (exact) mass is 261 g/mol. The Morgan fingerprint density at radius 1 is 1.26 bits per heavy atom. The standard InChI is InChI=1S/C16H23NO2/c1-2-17-15-11-18-16-10-13(8-9-14(15)16)19-12-6-4-3-5-7-12/h8-10,12,15,17H,2-7,11H2,1H3. The first-order valence-corrected chi connectivity index (χ1v) is 7.53. The lowest BCUT2D eigenvalue weighted by Gasteiger charge is -2.23. The average Bonchev–Trinajstić information content (AvgIpc) is 2.83. The Hall–Kier alpha value is -1.22. The molecule has 3 heteroatoms. The number of likely N-dealkylation sites (N-methyl/N-ethyl adjacent to an activating group) is 1. The quantitative estimate of drug-likeness (QED) is 0.900. The average molecular weight is 261 g/mol. The third kappa shape index (κ3) is 2.86. The summed E-state index contributed by atoms with van der Waals surface area (Å²) < 4.78 is 11.8. The third-order valence-corrected chi connectivity index (χ3v) is 4.07. The van der Waals surface area contributed by atoms with Crippen LogP contribution in [-0.2, 0) is 0 Å². The van der Waals surface area contributed by atoms with Gasteiger partial charge in [-0.25, -0.2) is 0 Å². The predicted molar refractivity (Wildman–Crippen MR) is 75.9 cm³/mol. The number of hydrogen-bond donors (Lipinski definition) is 1. The molecule has 0 bridgehead atoms. The molecule has 3 nitrogen and oxygen atoms in total. The summed E-state index contributed by atoms with van der Waals surface area (Å²) in [5.41, 5.74) is 1.26. The van der Waals surface area contributed by atoms with Gasteiger partial charge < -0.3 is 14.8 Å². The van der Waals surface area contributed by atoms with Gasteiger partial charge in [0.2, 0.25) is 0 Å². The number of benzene rings is 1. The molecular formula is C16H23NO2. The molecule has 104 valence electrons. The van der Waals surface area contributed by atoms with Gasteiger partial charge in [-0.15, -0.1) is 0 Å². The topological polar surface area (TPSA) is 30.5 Å². The molecule has 0 aromatic heterocycles. The number of ether oxygens (including phenoxy) is 2. The predicted octanol–water partition coefficient (Wildman–Crippen LogP) is 3.44. The minimum atomic E-state index is 0.337. The Morgan fingerprint density at radius 2 is 2.11 bits per heavy atom. The lowest BCUT2D eigenvalue weighted by Crippen LogP contribution is -2.21. The van der Waals surface area contributed by atoms with Crippen molar-refractivity contribution in [1.29, 1.82) is 0 Å². The van der Waals surface area contributed by atoms with E-state index in [1.165, 1.54) is 37.7 Å². The van der Waals surface area contributed by atoms with E-state index in [0.717, 1.165) is 24.7 Å². The largest absolute Gasteiger partial charge is 0.491 e. The molecule has 0 amide bonds. The lowest BCUT2D eigenvalue weighted by molar-refractivity contribution is 0.154. The first-order valence-electron chi connectivity index (χ1n) is 7.53. The second kappa shape index (κ2) is 5.83. The molecular weight excluding hydrogens is 238 g/mol. The highest BCUT2D eigenvalue weighted by molar-refractivity contribution is 5.45. The van der Waals surface area contributed by atoms with Crippen LogP contribution in [0.1, 0.15) is 50.6 Å². The first kappa shape index (κ1) is 12.8. The van der Waals surface area contributed by atoms with Crippen LogP contribution in [0.3, 0.4) is 0 Å². The van der Waals surface area contributed by atoms with E-state index < -0.39 is 0 Å². The van der Waals surface area contributed by atoms with E-state index in [2.05, 4.69) is 30.4 Å². The van der Waals surface area contributed by atoms with Gasteiger partial charge in [0.05, 0.1) is 12.1 Å². The summed E-state index contributed by atoms with van der Waals surface area (Å²) in [6.07, 6.45) is 6.74. The van der Waals surface area contributed by atoms with Crippen molar-refractivity contribution in [3.63, 3.8) is 0 Å². The maximum atomic E-state index is 6.08. The second-order valence-corrected chi connectivity index (χ2v) is 5.50. The van der Waals surface area contributed by atoms with Gasteiger partial charge in [0.15, 0.2) is 0 Å². The molecule has 19 heavy (non-hydrogen) atoms. The van der Waals surface area contributed by atoms with Crippen molar-refractivity contribution in [2.75, 3.05) is 13.2 Å². The Balaban J connectivity index is 1.68. The maximum Gasteiger partial charge on any atom is 0.128 e. The minimum absolute atomic E-state index is 0.337. The van der Waals surface area contributed by atoms with Gasteiger partial charge in [-0.2, -0.15) is 0 Å². The van der Waals surface area contributed by atoms with Crippen LogP contribution < -0.4 is 14.8 Å². The van der Waals surface area contributed by atoms with Crippen molar-refractivity contribution < 1.29 is 9.47 Å². The molecule has 1 aromatic rings. The number of fused-ring (bicyclic) bond motifs is 1. The molecule has 1 heterocycles. The Kier molecular flexibility index (Phi) is 3.92. The molecule has 0 spiro atoms. The number of hydrogen-bond acceptors (Lipinski definition) is 3. The van der Waals surface area contributed by atoms with Crippen molar-refractivity contribution >= 4 is 0 Å². The fraction of sp³-hybridized carbons (Fsp3) is 0.625. The van der Waals surface area contributed by atoms with Crippen LogP contribution in [0.15, 0.2) is 18.2 Å². The van der Waals surface area contributed by atoms with E-state index in [4.69, 9.17) is 9.47 Å². The van der Waals surface area contributed by atoms with Gasteiger partial charge in [-0.3, -0.25) is 0 Å². The maximum absolute atomic E-state index is 6.08. The fourth-order valence-electron chi connectivity index (χ4n) is 3.05. The van der Waals surface area contributed by atoms with Crippen molar-refractivity contribution in [3.05, 3.63) is 23.8 Å². The molecule has 0 saturated heterocycles. The first-order chi connectivity index (χ1) is 9.36. The molecule has 1 aliphatic carbocycles. The van der Waals surface area contributed by atoms with Gasteiger partial charge >= 0.3 is 0 Å². The molecule has 1 N–H and O–H groups in total. The fourth-order valence-corrected chi connectivity index (χ4v) is 3.05. The lowest BCUT2D eigenvalue weighted by atomic mass is 9.98. The van der Waals surface area contributed by atoms with E-state index in [0.29, 0.717) is 12.1 Å². The molecule has 1 atom stereocenters. The van der Waals surface area contributed by atoms with Gasteiger partial charge in [0.1, 0.15) is 18.1 Å². The summed E-state index contributed by atoms with van der Waals surface area (Å²) in [4.78, 5) is 0. The van der Waals surface area contributed by atoms with Gasteiger partial charge in [-0.1, -0.05) is 13.3 Å². The van der Waals surface area contributed by atoms with Crippen molar-refractivity contribution in [3.8, 4) is 11.5 Å². The van der Waals surface area contributed by atoms with E-state index in [-0.39, 0.29) is 0 Å². The summed E-state index contributed by atoms with van der Waals surface area (Å²) in [5, 5.41) is 3.44. The van der Waals surface area contributed by atoms with E-state index in [1.807, 2.05) is 0 Å². The van der Waals surface area contributed by atoms with E-state index in [9.17, 15) is 0 Å². The summed E-state index contributed by atoms with van der Waals surface area (Å²) in [6.45, 7) is 3.82. The normalized spacial score (nSPS) is 22.9. The molecule has 1 aromatic carbocycles. The summed E-state index contributed by atoms with van der Waals surface area (Å²) >= 11 is 0. The zero-order chi connectivity index (χ0) is 13.1. The summed E-state index contributed by atoms with van der Waals surface area (Å²) in [7, 11) is 0. The highest BCUT2D eigenvalue weighted by Crippen LogP contribution is 2.36. The van der Waals surface area contributed by atoms with Crippen LogP contribution in [0.4, 0.5) is 0 Å². The Labute approximate surface area is 115 Å². The van der Waals surface area contributed by atoms with Crippen LogP contribution in [0.2, 0.25) is 0 Å². The van der Waals surface area contributed by atoms with Crippen LogP contribution in [-0.4, -0.2) is 19.3 Å². The second-order valence-electron chi connectivity index (χ2n) is 5.50. The summed E-state index contributed by atoms with van der Waals surface area (Å²) in [5.74, 6) is 1.95. The van der Waals surface area contributed by atoms with Crippen LogP contribution in [0.25, 0.3) is 0 Å². The molecule has 1 unspecified atom stereocenters. The highest BCUT2D eigenvalue weighted by atomic mass is 16.5. The van der Waals surface area contributed by atoms with E-state index in [1.54, 1.807) is 0 Å². The Morgan fingerprint density at radius 3 is 2.89 bits per heavy atom. The van der Waals surface area contributed by atoms with Crippen LogP contribution in [0, 0.1) is 0 Å². The highest BCUT2D eigenvalue weighted by Gasteiger charge is 2.24. The SMILES string of the molecule is CCNC1COc2cc(OC3CCCCC3)ccc21. The number of nitrogens with one attached hydrogen (secondary N) is 1. The van der Waals surface area contributed by atoms with Gasteiger partial charge in [0.25, 0.3) is 0 Å². The summed E-state index contributed by atoms with van der Waals surface area (Å²) in [6, 6.07) is 6.63. The molecule has 1 aliphatic heterocycles. The van der Waals surface area contributed by atoms with Gasteiger partial charge in [0, 0.05) is 11.6 Å². The van der Waals surface area contributed by atoms with E-state index >= 15 is 0 Å². The smallest absolute Gasteiger partial charge is 0.128 e. The van der Waals surface area contributed by atoms with Crippen molar-refractivity contribution in [1.82, 2.24) is 5.32 Å². The van der Waals surface area contributed by atoms with Crippen LogP contribution >= 0.6 is 0 Å². The van der Waals surface area contributed by atoms with Crippen LogP contribution in [0.5, 0.6) is 11.5 Å².